The standard InChI is InChI=1S/C30H56NO4P/c1-6-7-8-9-10-11-12-13-14-15-16-17-18-19-20-21-30(29-24-22-28(2)23-25-29)35-36(32,33)34-27-26-31(3,4)5/h22-25,30H,6-21,26-27H2,1-5H3. The van der Waals surface area contributed by atoms with Gasteiger partial charge in [-0.25, -0.2) is 0 Å². The lowest BCUT2D eigenvalue weighted by Gasteiger charge is -2.30. The van der Waals surface area contributed by atoms with Crippen molar-refractivity contribution >= 4 is 7.82 Å². The van der Waals surface area contributed by atoms with Crippen molar-refractivity contribution in [3.8, 4) is 0 Å². The normalized spacial score (nSPS) is 14.6. The Labute approximate surface area is 223 Å². The Bertz CT molecular complexity index is 702. The van der Waals surface area contributed by atoms with Crippen LogP contribution in [0.15, 0.2) is 24.3 Å². The van der Waals surface area contributed by atoms with Crippen LogP contribution in [0.4, 0.5) is 0 Å². The summed E-state index contributed by atoms with van der Waals surface area (Å²) in [4.78, 5) is 12.5. The van der Waals surface area contributed by atoms with Crippen molar-refractivity contribution in [1.29, 1.82) is 0 Å². The molecule has 210 valence electrons. The number of nitrogens with zero attached hydrogens (tertiary/aromatic N) is 1. The van der Waals surface area contributed by atoms with Crippen LogP contribution in [0.1, 0.15) is 127 Å². The summed E-state index contributed by atoms with van der Waals surface area (Å²) in [6, 6.07) is 7.95. The second kappa shape index (κ2) is 19.4. The summed E-state index contributed by atoms with van der Waals surface area (Å²) in [5.41, 5.74) is 2.05. The van der Waals surface area contributed by atoms with Crippen molar-refractivity contribution in [2.24, 2.45) is 0 Å². The van der Waals surface area contributed by atoms with E-state index in [2.05, 4.69) is 6.92 Å². The minimum Gasteiger partial charge on any atom is -0.756 e. The molecular formula is C30H56NO4P. The van der Waals surface area contributed by atoms with Crippen LogP contribution < -0.4 is 4.89 Å². The molecule has 1 rings (SSSR count). The summed E-state index contributed by atoms with van der Waals surface area (Å²) >= 11 is 0. The molecule has 0 heterocycles. The van der Waals surface area contributed by atoms with E-state index in [0.29, 0.717) is 17.4 Å². The van der Waals surface area contributed by atoms with E-state index in [1.807, 2.05) is 52.3 Å². The van der Waals surface area contributed by atoms with E-state index < -0.39 is 13.9 Å². The molecule has 0 aromatic heterocycles. The Kier molecular flexibility index (Phi) is 17.9. The number of rotatable bonds is 23. The van der Waals surface area contributed by atoms with Crippen molar-refractivity contribution in [3.05, 3.63) is 35.4 Å². The minimum absolute atomic E-state index is 0.129. The van der Waals surface area contributed by atoms with Gasteiger partial charge in [-0.1, -0.05) is 133 Å². The lowest BCUT2D eigenvalue weighted by Crippen LogP contribution is -2.37. The van der Waals surface area contributed by atoms with Crippen LogP contribution in [0.5, 0.6) is 0 Å². The van der Waals surface area contributed by atoms with Crippen molar-refractivity contribution < 1.29 is 23.0 Å². The number of hydrogen-bond donors (Lipinski definition) is 0. The number of phosphoric acid groups is 1. The zero-order valence-corrected chi connectivity index (χ0v) is 25.0. The van der Waals surface area contributed by atoms with Crippen LogP contribution in [0.2, 0.25) is 0 Å². The molecular weight excluding hydrogens is 469 g/mol. The highest BCUT2D eigenvalue weighted by molar-refractivity contribution is 7.45. The van der Waals surface area contributed by atoms with Crippen LogP contribution in [-0.2, 0) is 13.6 Å². The van der Waals surface area contributed by atoms with Gasteiger partial charge in [0.05, 0.1) is 27.2 Å². The fraction of sp³-hybridized carbons (Fsp3) is 0.800. The molecule has 0 aliphatic carbocycles. The van der Waals surface area contributed by atoms with E-state index in [0.717, 1.165) is 24.0 Å². The Morgan fingerprint density at radius 1 is 0.778 bits per heavy atom. The Morgan fingerprint density at radius 3 is 1.67 bits per heavy atom. The average Bonchev–Trinajstić information content (AvgIpc) is 2.80. The molecule has 0 saturated heterocycles. The molecule has 5 nitrogen and oxygen atoms in total. The molecule has 1 aromatic rings. The number of hydrogen-bond acceptors (Lipinski definition) is 4. The summed E-state index contributed by atoms with van der Waals surface area (Å²) in [6.45, 7) is 5.03. The Hall–Kier alpha value is -0.710. The van der Waals surface area contributed by atoms with Crippen molar-refractivity contribution in [1.82, 2.24) is 0 Å². The van der Waals surface area contributed by atoms with Gasteiger partial charge in [0.15, 0.2) is 0 Å². The summed E-state index contributed by atoms with van der Waals surface area (Å²) in [7, 11) is 1.65. The second-order valence-electron chi connectivity index (χ2n) is 11.5. The highest BCUT2D eigenvalue weighted by atomic mass is 31.2. The molecule has 0 aliphatic heterocycles. The third kappa shape index (κ3) is 18.5. The zero-order valence-electron chi connectivity index (χ0n) is 24.1. The smallest absolute Gasteiger partial charge is 0.268 e. The van der Waals surface area contributed by atoms with Gasteiger partial charge in [-0.05, 0) is 18.9 Å². The molecule has 0 aliphatic rings. The number of phosphoric ester groups is 1. The first-order valence-corrected chi connectivity index (χ1v) is 16.1. The van der Waals surface area contributed by atoms with Crippen molar-refractivity contribution in [2.75, 3.05) is 34.3 Å². The van der Waals surface area contributed by atoms with Gasteiger partial charge in [-0.15, -0.1) is 0 Å². The van der Waals surface area contributed by atoms with Gasteiger partial charge in [0.2, 0.25) is 0 Å². The first kappa shape index (κ1) is 33.3. The fourth-order valence-corrected chi connectivity index (χ4v) is 5.28. The number of quaternary nitrogens is 1. The summed E-state index contributed by atoms with van der Waals surface area (Å²) < 4.78 is 23.9. The average molecular weight is 526 g/mol. The van der Waals surface area contributed by atoms with E-state index in [1.54, 1.807) is 0 Å². The largest absolute Gasteiger partial charge is 0.756 e. The maximum atomic E-state index is 12.5. The Morgan fingerprint density at radius 2 is 1.22 bits per heavy atom. The molecule has 6 heteroatoms. The van der Waals surface area contributed by atoms with Crippen LogP contribution in [-0.4, -0.2) is 38.8 Å². The van der Waals surface area contributed by atoms with Gasteiger partial charge >= 0.3 is 0 Å². The van der Waals surface area contributed by atoms with E-state index in [1.165, 1.54) is 83.5 Å². The predicted octanol–water partition coefficient (Wildman–Crippen LogP) is 8.51. The van der Waals surface area contributed by atoms with Gasteiger partial charge in [-0.2, -0.15) is 0 Å². The second-order valence-corrected chi connectivity index (χ2v) is 12.9. The summed E-state index contributed by atoms with van der Waals surface area (Å²) in [5, 5.41) is 0. The molecule has 2 unspecified atom stereocenters. The van der Waals surface area contributed by atoms with E-state index >= 15 is 0 Å². The molecule has 0 fully saturated rings. The van der Waals surface area contributed by atoms with E-state index in [-0.39, 0.29) is 6.61 Å². The highest BCUT2D eigenvalue weighted by Crippen LogP contribution is 2.45. The van der Waals surface area contributed by atoms with Gasteiger partial charge in [0.1, 0.15) is 13.2 Å². The molecule has 1 aromatic carbocycles. The van der Waals surface area contributed by atoms with Crippen molar-refractivity contribution in [2.45, 2.75) is 123 Å². The molecule has 36 heavy (non-hydrogen) atoms. The monoisotopic (exact) mass is 525 g/mol. The van der Waals surface area contributed by atoms with E-state index in [4.69, 9.17) is 9.05 Å². The maximum Gasteiger partial charge on any atom is 0.268 e. The van der Waals surface area contributed by atoms with Gasteiger partial charge < -0.3 is 18.4 Å². The molecule has 0 N–H and O–H groups in total. The lowest BCUT2D eigenvalue weighted by atomic mass is 10.0. The number of likely N-dealkylation sites (N-methyl/N-ethyl adjacent to an activating group) is 1. The van der Waals surface area contributed by atoms with Crippen LogP contribution in [0, 0.1) is 6.92 Å². The minimum atomic E-state index is -4.36. The summed E-state index contributed by atoms with van der Waals surface area (Å²) in [6.07, 6.45) is 19.9. The molecule has 0 bridgehead atoms. The molecule has 0 radical (unpaired) electrons. The molecule has 0 spiro atoms. The predicted molar refractivity (Wildman–Crippen MR) is 151 cm³/mol. The van der Waals surface area contributed by atoms with Gasteiger partial charge in [-0.3, -0.25) is 4.57 Å². The third-order valence-corrected chi connectivity index (χ3v) is 7.80. The van der Waals surface area contributed by atoms with Gasteiger partial charge in [0.25, 0.3) is 7.82 Å². The molecule has 2 atom stereocenters. The lowest BCUT2D eigenvalue weighted by molar-refractivity contribution is -0.870. The van der Waals surface area contributed by atoms with Crippen LogP contribution in [0.25, 0.3) is 0 Å². The van der Waals surface area contributed by atoms with Crippen LogP contribution >= 0.6 is 7.82 Å². The molecule has 0 saturated carbocycles. The SMILES string of the molecule is CCCCCCCCCCCCCCCCCC(OP(=O)([O-])OCC[N+](C)(C)C)c1ccc(C)cc1. The quantitative estimate of drug-likeness (QED) is 0.0816. The maximum absolute atomic E-state index is 12.5. The first-order valence-electron chi connectivity index (χ1n) is 14.6. The fourth-order valence-electron chi connectivity index (χ4n) is 4.38. The molecule has 0 amide bonds. The zero-order chi connectivity index (χ0) is 26.7. The summed E-state index contributed by atoms with van der Waals surface area (Å²) in [5.74, 6) is 0. The number of benzene rings is 1. The Balaban J connectivity index is 2.26. The highest BCUT2D eigenvalue weighted by Gasteiger charge is 2.21. The van der Waals surface area contributed by atoms with Crippen molar-refractivity contribution in [3.63, 3.8) is 0 Å². The topological polar surface area (TPSA) is 58.6 Å². The first-order chi connectivity index (χ1) is 17.1. The third-order valence-electron chi connectivity index (χ3n) is 6.79. The van der Waals surface area contributed by atoms with Crippen LogP contribution in [0.3, 0.4) is 0 Å². The number of unbranched alkanes of at least 4 members (excludes halogenated alkanes) is 14. The van der Waals surface area contributed by atoms with E-state index in [9.17, 15) is 9.46 Å². The van der Waals surface area contributed by atoms with Gasteiger partial charge in [0, 0.05) is 0 Å². The number of aryl methyl sites for hydroxylation is 1.